The first-order chi connectivity index (χ1) is 14.5. The minimum atomic E-state index is -0.983. The number of esters is 1. The number of carbonyl (C=O) groups excluding carboxylic acids is 2. The Morgan fingerprint density at radius 2 is 1.90 bits per heavy atom. The monoisotopic (exact) mass is 413 g/mol. The summed E-state index contributed by atoms with van der Waals surface area (Å²) in [5.74, 6) is 1.08. The summed E-state index contributed by atoms with van der Waals surface area (Å²) in [6, 6.07) is 10.3. The lowest BCUT2D eigenvalue weighted by Crippen LogP contribution is -2.29. The highest BCUT2D eigenvalue weighted by molar-refractivity contribution is 5.96. The summed E-state index contributed by atoms with van der Waals surface area (Å²) in [4.78, 5) is 24.4. The quantitative estimate of drug-likeness (QED) is 0.551. The Morgan fingerprint density at radius 1 is 1.10 bits per heavy atom. The summed E-state index contributed by atoms with van der Waals surface area (Å²) in [5.41, 5.74) is 1.21. The number of anilines is 1. The molecule has 0 fully saturated rings. The number of hydrogen-bond acceptors (Lipinski definition) is 7. The SMILES string of the molecule is COc1cccc(NC(=O)[C@@H](C)OC(=O)/C=C/c2cc(OC)c3c(c2)OCCO3)c1. The van der Waals surface area contributed by atoms with Gasteiger partial charge < -0.3 is 29.0 Å². The van der Waals surface area contributed by atoms with Crippen molar-refractivity contribution >= 4 is 23.6 Å². The van der Waals surface area contributed by atoms with Crippen LogP contribution in [0.25, 0.3) is 6.08 Å². The molecule has 30 heavy (non-hydrogen) atoms. The molecule has 0 aromatic heterocycles. The van der Waals surface area contributed by atoms with E-state index in [-0.39, 0.29) is 0 Å². The molecule has 1 amide bonds. The molecule has 1 aliphatic rings. The Kier molecular flexibility index (Phi) is 6.79. The molecular formula is C22H23NO7. The van der Waals surface area contributed by atoms with Crippen LogP contribution in [0, 0.1) is 0 Å². The maximum atomic E-state index is 12.3. The zero-order chi connectivity index (χ0) is 21.5. The molecule has 1 atom stereocenters. The van der Waals surface area contributed by atoms with Gasteiger partial charge >= 0.3 is 5.97 Å². The molecule has 0 aliphatic carbocycles. The average Bonchev–Trinajstić information content (AvgIpc) is 2.77. The van der Waals surface area contributed by atoms with Crippen LogP contribution < -0.4 is 24.3 Å². The second kappa shape index (κ2) is 9.69. The number of ether oxygens (including phenoxy) is 5. The van der Waals surface area contributed by atoms with Crippen LogP contribution in [0.15, 0.2) is 42.5 Å². The van der Waals surface area contributed by atoms with E-state index >= 15 is 0 Å². The number of amides is 1. The molecule has 2 aromatic rings. The highest BCUT2D eigenvalue weighted by Gasteiger charge is 2.19. The van der Waals surface area contributed by atoms with Crippen molar-refractivity contribution in [3.05, 3.63) is 48.0 Å². The van der Waals surface area contributed by atoms with Crippen molar-refractivity contribution in [2.75, 3.05) is 32.8 Å². The predicted octanol–water partition coefficient (Wildman–Crippen LogP) is 3.06. The highest BCUT2D eigenvalue weighted by Crippen LogP contribution is 2.40. The second-order valence-corrected chi connectivity index (χ2v) is 6.38. The summed E-state index contributed by atoms with van der Waals surface area (Å²) >= 11 is 0. The van der Waals surface area contributed by atoms with Crippen molar-refractivity contribution in [2.24, 2.45) is 0 Å². The summed E-state index contributed by atoms with van der Waals surface area (Å²) in [5, 5.41) is 2.68. The third-order valence-electron chi connectivity index (χ3n) is 4.26. The Morgan fingerprint density at radius 3 is 2.67 bits per heavy atom. The van der Waals surface area contributed by atoms with Gasteiger partial charge in [0.25, 0.3) is 5.91 Å². The lowest BCUT2D eigenvalue weighted by atomic mass is 10.1. The molecule has 0 bridgehead atoms. The van der Waals surface area contributed by atoms with E-state index in [0.29, 0.717) is 47.5 Å². The van der Waals surface area contributed by atoms with Gasteiger partial charge in [-0.15, -0.1) is 0 Å². The summed E-state index contributed by atoms with van der Waals surface area (Å²) in [6.07, 6.45) is 1.80. The van der Waals surface area contributed by atoms with Crippen LogP contribution in [0.5, 0.6) is 23.0 Å². The Bertz CT molecular complexity index is 937. The first kappa shape index (κ1) is 21.0. The fourth-order valence-corrected chi connectivity index (χ4v) is 2.77. The van der Waals surface area contributed by atoms with Crippen LogP contribution in [0.1, 0.15) is 12.5 Å². The molecule has 0 saturated carbocycles. The molecule has 8 heteroatoms. The molecule has 1 heterocycles. The van der Waals surface area contributed by atoms with Gasteiger partial charge in [0.05, 0.1) is 14.2 Å². The van der Waals surface area contributed by atoms with Crippen LogP contribution in [0.2, 0.25) is 0 Å². The molecule has 0 unspecified atom stereocenters. The second-order valence-electron chi connectivity index (χ2n) is 6.38. The normalized spacial score (nSPS) is 13.4. The van der Waals surface area contributed by atoms with Gasteiger partial charge in [0, 0.05) is 17.8 Å². The van der Waals surface area contributed by atoms with E-state index in [2.05, 4.69) is 5.32 Å². The number of hydrogen-bond donors (Lipinski definition) is 1. The number of fused-ring (bicyclic) bond motifs is 1. The predicted molar refractivity (Wildman–Crippen MR) is 110 cm³/mol. The number of rotatable bonds is 7. The average molecular weight is 413 g/mol. The fourth-order valence-electron chi connectivity index (χ4n) is 2.77. The van der Waals surface area contributed by atoms with Gasteiger partial charge in [0.15, 0.2) is 17.6 Å². The van der Waals surface area contributed by atoms with Crippen molar-refractivity contribution in [2.45, 2.75) is 13.0 Å². The van der Waals surface area contributed by atoms with Crippen LogP contribution in [0.4, 0.5) is 5.69 Å². The molecule has 2 aromatic carbocycles. The van der Waals surface area contributed by atoms with Crippen molar-refractivity contribution in [1.29, 1.82) is 0 Å². The van der Waals surface area contributed by atoms with Gasteiger partial charge in [-0.3, -0.25) is 4.79 Å². The first-order valence-electron chi connectivity index (χ1n) is 9.31. The minimum Gasteiger partial charge on any atom is -0.497 e. The lowest BCUT2D eigenvalue weighted by Gasteiger charge is -2.20. The number of carbonyl (C=O) groups is 2. The Labute approximate surface area is 174 Å². The maximum Gasteiger partial charge on any atom is 0.331 e. The van der Waals surface area contributed by atoms with E-state index in [9.17, 15) is 9.59 Å². The van der Waals surface area contributed by atoms with Crippen molar-refractivity contribution in [3.63, 3.8) is 0 Å². The van der Waals surface area contributed by atoms with Crippen molar-refractivity contribution in [1.82, 2.24) is 0 Å². The molecule has 158 valence electrons. The van der Waals surface area contributed by atoms with Crippen molar-refractivity contribution in [3.8, 4) is 23.0 Å². The fraction of sp³-hybridized carbons (Fsp3) is 0.273. The van der Waals surface area contributed by atoms with Crippen LogP contribution >= 0.6 is 0 Å². The topological polar surface area (TPSA) is 92.3 Å². The zero-order valence-electron chi connectivity index (χ0n) is 17.0. The van der Waals surface area contributed by atoms with Gasteiger partial charge in [-0.05, 0) is 42.8 Å². The van der Waals surface area contributed by atoms with Gasteiger partial charge in [-0.1, -0.05) is 6.07 Å². The zero-order valence-corrected chi connectivity index (χ0v) is 17.0. The van der Waals surface area contributed by atoms with Crippen LogP contribution in [-0.4, -0.2) is 45.4 Å². The number of benzene rings is 2. The third kappa shape index (κ3) is 5.22. The van der Waals surface area contributed by atoms with Crippen LogP contribution in [-0.2, 0) is 14.3 Å². The molecule has 8 nitrogen and oxygen atoms in total. The van der Waals surface area contributed by atoms with Gasteiger partial charge in [-0.25, -0.2) is 4.79 Å². The molecule has 0 radical (unpaired) electrons. The largest absolute Gasteiger partial charge is 0.497 e. The Hall–Kier alpha value is -3.68. The first-order valence-corrected chi connectivity index (χ1v) is 9.31. The molecule has 3 rings (SSSR count). The van der Waals surface area contributed by atoms with E-state index in [1.165, 1.54) is 27.2 Å². The lowest BCUT2D eigenvalue weighted by molar-refractivity contribution is -0.148. The highest BCUT2D eigenvalue weighted by atomic mass is 16.6. The van der Waals surface area contributed by atoms with Gasteiger partial charge in [0.2, 0.25) is 5.75 Å². The Balaban J connectivity index is 1.60. The molecule has 0 saturated heterocycles. The standard InChI is InChI=1S/C22H23NO7/c1-14(22(25)23-16-5-4-6-17(13-16)26-2)30-20(24)8-7-15-11-18(27-3)21-19(12-15)28-9-10-29-21/h4-8,11-14H,9-10H2,1-3H3,(H,23,25)/b8-7+/t14-/m1/s1. The van der Waals surface area contributed by atoms with Crippen molar-refractivity contribution < 1.29 is 33.3 Å². The molecular weight excluding hydrogens is 390 g/mol. The molecule has 1 N–H and O–H groups in total. The number of nitrogens with one attached hydrogen (secondary N) is 1. The van der Waals surface area contributed by atoms with E-state index in [4.69, 9.17) is 23.7 Å². The molecule has 0 spiro atoms. The summed E-state index contributed by atoms with van der Waals surface area (Å²) in [6.45, 7) is 2.38. The van der Waals surface area contributed by atoms with Gasteiger partial charge in [-0.2, -0.15) is 0 Å². The van der Waals surface area contributed by atoms with E-state index in [1.54, 1.807) is 42.5 Å². The summed E-state index contributed by atoms with van der Waals surface area (Å²) in [7, 11) is 3.06. The van der Waals surface area contributed by atoms with E-state index < -0.39 is 18.0 Å². The number of methoxy groups -OCH3 is 2. The van der Waals surface area contributed by atoms with Crippen LogP contribution in [0.3, 0.4) is 0 Å². The smallest absolute Gasteiger partial charge is 0.331 e. The van der Waals surface area contributed by atoms with E-state index in [0.717, 1.165) is 0 Å². The molecule has 1 aliphatic heterocycles. The minimum absolute atomic E-state index is 0.436. The maximum absolute atomic E-state index is 12.3. The third-order valence-corrected chi connectivity index (χ3v) is 4.26. The van der Waals surface area contributed by atoms with Gasteiger partial charge in [0.1, 0.15) is 19.0 Å². The van der Waals surface area contributed by atoms with E-state index in [1.807, 2.05) is 0 Å². The summed E-state index contributed by atoms with van der Waals surface area (Å²) < 4.78 is 26.7.